The Morgan fingerprint density at radius 3 is 2.86 bits per heavy atom. The molecule has 3 aromatic rings. The van der Waals surface area contributed by atoms with Crippen LogP contribution in [0.25, 0.3) is 22.4 Å². The normalized spacial score (nSPS) is 10.7. The Morgan fingerprint density at radius 2 is 2.14 bits per heavy atom. The van der Waals surface area contributed by atoms with Gasteiger partial charge in [-0.05, 0) is 24.3 Å². The van der Waals surface area contributed by atoms with E-state index in [1.165, 1.54) is 0 Å². The third kappa shape index (κ3) is 2.36. The number of hydrogen-bond donors (Lipinski definition) is 1. The summed E-state index contributed by atoms with van der Waals surface area (Å²) in [6, 6.07) is 13.6. The van der Waals surface area contributed by atoms with Crippen molar-refractivity contribution in [2.24, 2.45) is 0 Å². The average molecular weight is 279 g/mol. The number of allylic oxidation sites excluding steroid dienone is 1. The molecule has 0 bridgehead atoms. The number of nitrogen functional groups attached to an aromatic ring is 1. The summed E-state index contributed by atoms with van der Waals surface area (Å²) in [7, 11) is 1.65. The highest BCUT2D eigenvalue weighted by atomic mass is 16.5. The van der Waals surface area contributed by atoms with Gasteiger partial charge in [-0.2, -0.15) is 0 Å². The average Bonchev–Trinajstić information content (AvgIpc) is 2.85. The SMILES string of the molecule is C=CCn1c(-c2cccc(N)c2)nc2cc(OC)ccc21. The summed E-state index contributed by atoms with van der Waals surface area (Å²) in [5.74, 6) is 1.68. The molecule has 0 radical (unpaired) electrons. The number of ether oxygens (including phenoxy) is 1. The molecule has 0 saturated heterocycles. The number of rotatable bonds is 4. The van der Waals surface area contributed by atoms with Gasteiger partial charge >= 0.3 is 0 Å². The lowest BCUT2D eigenvalue weighted by Gasteiger charge is -2.07. The van der Waals surface area contributed by atoms with E-state index in [2.05, 4.69) is 11.1 Å². The van der Waals surface area contributed by atoms with Crippen molar-refractivity contribution in [2.75, 3.05) is 12.8 Å². The molecule has 0 saturated carbocycles. The van der Waals surface area contributed by atoms with Gasteiger partial charge in [-0.3, -0.25) is 0 Å². The number of nitrogens with two attached hydrogens (primary N) is 1. The van der Waals surface area contributed by atoms with Crippen molar-refractivity contribution in [3.63, 3.8) is 0 Å². The lowest BCUT2D eigenvalue weighted by atomic mass is 10.2. The third-order valence-corrected chi connectivity index (χ3v) is 3.41. The molecule has 4 heteroatoms. The molecule has 4 nitrogen and oxygen atoms in total. The highest BCUT2D eigenvalue weighted by Crippen LogP contribution is 2.28. The standard InChI is InChI=1S/C17H17N3O/c1-3-9-20-16-8-7-14(21-2)11-15(16)19-17(20)12-5-4-6-13(18)10-12/h3-8,10-11H,1,9,18H2,2H3. The Kier molecular flexibility index (Phi) is 3.36. The van der Waals surface area contributed by atoms with E-state index in [1.54, 1.807) is 7.11 Å². The Hall–Kier alpha value is -2.75. The van der Waals surface area contributed by atoms with Crippen molar-refractivity contribution < 1.29 is 4.74 Å². The van der Waals surface area contributed by atoms with Gasteiger partial charge in [-0.1, -0.05) is 18.2 Å². The molecule has 0 fully saturated rings. The predicted octanol–water partition coefficient (Wildman–Crippen LogP) is 3.48. The van der Waals surface area contributed by atoms with E-state index in [0.717, 1.165) is 33.9 Å². The minimum atomic E-state index is 0.687. The first-order valence-electron chi connectivity index (χ1n) is 6.74. The second-order valence-electron chi connectivity index (χ2n) is 4.81. The molecular formula is C17H17N3O. The van der Waals surface area contributed by atoms with Crippen LogP contribution in [0.15, 0.2) is 55.1 Å². The summed E-state index contributed by atoms with van der Waals surface area (Å²) in [5.41, 5.74) is 9.55. The number of hydrogen-bond acceptors (Lipinski definition) is 3. The molecule has 106 valence electrons. The van der Waals surface area contributed by atoms with Crippen molar-refractivity contribution in [3.05, 3.63) is 55.1 Å². The molecule has 2 aromatic carbocycles. The van der Waals surface area contributed by atoms with Gasteiger partial charge in [0.2, 0.25) is 0 Å². The van der Waals surface area contributed by atoms with Gasteiger partial charge in [0.25, 0.3) is 0 Å². The van der Waals surface area contributed by atoms with Crippen LogP contribution in [-0.4, -0.2) is 16.7 Å². The van der Waals surface area contributed by atoms with Crippen LogP contribution in [0.5, 0.6) is 5.75 Å². The van der Waals surface area contributed by atoms with E-state index in [0.29, 0.717) is 6.54 Å². The fourth-order valence-electron chi connectivity index (χ4n) is 2.45. The zero-order valence-electron chi connectivity index (χ0n) is 11.9. The fraction of sp³-hybridized carbons (Fsp3) is 0.118. The van der Waals surface area contributed by atoms with Crippen LogP contribution in [0.3, 0.4) is 0 Å². The molecule has 21 heavy (non-hydrogen) atoms. The number of fused-ring (bicyclic) bond motifs is 1. The zero-order valence-corrected chi connectivity index (χ0v) is 11.9. The molecule has 0 amide bonds. The highest BCUT2D eigenvalue weighted by molar-refractivity contribution is 5.82. The maximum absolute atomic E-state index is 5.88. The van der Waals surface area contributed by atoms with Crippen LogP contribution < -0.4 is 10.5 Å². The topological polar surface area (TPSA) is 53.1 Å². The Bertz CT molecular complexity index is 805. The van der Waals surface area contributed by atoms with Gasteiger partial charge in [0.05, 0.1) is 18.1 Å². The van der Waals surface area contributed by atoms with Crippen LogP contribution in [0.4, 0.5) is 5.69 Å². The first kappa shape index (κ1) is 13.2. The summed E-state index contributed by atoms with van der Waals surface area (Å²) in [6.07, 6.45) is 1.86. The maximum Gasteiger partial charge on any atom is 0.141 e. The lowest BCUT2D eigenvalue weighted by Crippen LogP contribution is -1.98. The predicted molar refractivity (Wildman–Crippen MR) is 86.3 cm³/mol. The molecule has 0 aliphatic heterocycles. The van der Waals surface area contributed by atoms with E-state index in [9.17, 15) is 0 Å². The number of anilines is 1. The Labute approximate surface area is 123 Å². The molecule has 2 N–H and O–H groups in total. The Morgan fingerprint density at radius 1 is 1.29 bits per heavy atom. The van der Waals surface area contributed by atoms with E-state index in [-0.39, 0.29) is 0 Å². The van der Waals surface area contributed by atoms with E-state index < -0.39 is 0 Å². The van der Waals surface area contributed by atoms with Gasteiger partial charge in [0.1, 0.15) is 11.6 Å². The van der Waals surface area contributed by atoms with Crippen LogP contribution >= 0.6 is 0 Å². The van der Waals surface area contributed by atoms with Gasteiger partial charge in [-0.15, -0.1) is 6.58 Å². The minimum Gasteiger partial charge on any atom is -0.497 e. The monoisotopic (exact) mass is 279 g/mol. The van der Waals surface area contributed by atoms with Crippen LogP contribution in [0.2, 0.25) is 0 Å². The summed E-state index contributed by atoms with van der Waals surface area (Å²) < 4.78 is 7.39. The summed E-state index contributed by atoms with van der Waals surface area (Å²) in [4.78, 5) is 4.73. The molecular weight excluding hydrogens is 262 g/mol. The number of imidazole rings is 1. The molecule has 3 rings (SSSR count). The van der Waals surface area contributed by atoms with Crippen LogP contribution in [0.1, 0.15) is 0 Å². The van der Waals surface area contributed by atoms with Crippen LogP contribution in [-0.2, 0) is 6.54 Å². The van der Waals surface area contributed by atoms with Crippen molar-refractivity contribution in [1.82, 2.24) is 9.55 Å². The largest absolute Gasteiger partial charge is 0.497 e. The molecule has 0 aliphatic carbocycles. The number of methoxy groups -OCH3 is 1. The van der Waals surface area contributed by atoms with Gasteiger partial charge in [0, 0.05) is 23.9 Å². The quantitative estimate of drug-likeness (QED) is 0.587. The van der Waals surface area contributed by atoms with E-state index in [4.69, 9.17) is 15.5 Å². The summed E-state index contributed by atoms with van der Waals surface area (Å²) in [6.45, 7) is 4.52. The van der Waals surface area contributed by atoms with Gasteiger partial charge in [-0.25, -0.2) is 4.98 Å². The van der Waals surface area contributed by atoms with Crippen molar-refractivity contribution in [1.29, 1.82) is 0 Å². The minimum absolute atomic E-state index is 0.687. The van der Waals surface area contributed by atoms with E-state index >= 15 is 0 Å². The maximum atomic E-state index is 5.88. The molecule has 0 atom stereocenters. The number of nitrogens with zero attached hydrogens (tertiary/aromatic N) is 2. The smallest absolute Gasteiger partial charge is 0.141 e. The second kappa shape index (κ2) is 5.32. The van der Waals surface area contributed by atoms with Crippen LogP contribution in [0, 0.1) is 0 Å². The van der Waals surface area contributed by atoms with Gasteiger partial charge < -0.3 is 15.0 Å². The molecule has 1 heterocycles. The molecule has 0 unspecified atom stereocenters. The van der Waals surface area contributed by atoms with Crippen molar-refractivity contribution in [3.8, 4) is 17.1 Å². The first-order valence-corrected chi connectivity index (χ1v) is 6.74. The van der Waals surface area contributed by atoms with Crippen molar-refractivity contribution in [2.45, 2.75) is 6.54 Å². The molecule has 1 aromatic heterocycles. The highest BCUT2D eigenvalue weighted by Gasteiger charge is 2.12. The zero-order chi connectivity index (χ0) is 14.8. The summed E-state index contributed by atoms with van der Waals surface area (Å²) in [5, 5.41) is 0. The second-order valence-corrected chi connectivity index (χ2v) is 4.81. The summed E-state index contributed by atoms with van der Waals surface area (Å²) >= 11 is 0. The fourth-order valence-corrected chi connectivity index (χ4v) is 2.45. The Balaban J connectivity index is 2.25. The van der Waals surface area contributed by atoms with E-state index in [1.807, 2.05) is 48.5 Å². The van der Waals surface area contributed by atoms with Gasteiger partial charge in [0.15, 0.2) is 0 Å². The number of benzene rings is 2. The van der Waals surface area contributed by atoms with Crippen molar-refractivity contribution >= 4 is 16.7 Å². The number of aromatic nitrogens is 2. The molecule has 0 spiro atoms. The lowest BCUT2D eigenvalue weighted by molar-refractivity contribution is 0.415. The third-order valence-electron chi connectivity index (χ3n) is 3.41. The molecule has 0 aliphatic rings. The first-order chi connectivity index (χ1) is 10.2.